The Morgan fingerprint density at radius 2 is 2.17 bits per heavy atom. The third kappa shape index (κ3) is 2.72. The van der Waals surface area contributed by atoms with Crippen LogP contribution in [0.2, 0.25) is 0 Å². The first-order chi connectivity index (χ1) is 11.1. The summed E-state index contributed by atoms with van der Waals surface area (Å²) in [5.41, 5.74) is 0.775. The Morgan fingerprint density at radius 3 is 2.70 bits per heavy atom. The zero-order chi connectivity index (χ0) is 16.4. The zero-order valence-electron chi connectivity index (χ0n) is 13.5. The van der Waals surface area contributed by atoms with Crippen molar-refractivity contribution in [1.82, 2.24) is 10.3 Å². The van der Waals surface area contributed by atoms with Gasteiger partial charge in [0.15, 0.2) is 0 Å². The van der Waals surface area contributed by atoms with E-state index in [0.717, 1.165) is 19.3 Å². The molecule has 1 heterocycles. The van der Waals surface area contributed by atoms with Crippen molar-refractivity contribution in [1.29, 1.82) is 0 Å². The highest BCUT2D eigenvalue weighted by Crippen LogP contribution is 2.57. The number of ether oxygens (including phenoxy) is 2. The summed E-state index contributed by atoms with van der Waals surface area (Å²) < 4.78 is 10.4. The van der Waals surface area contributed by atoms with Gasteiger partial charge < -0.3 is 14.8 Å². The largest absolute Gasteiger partial charge is 0.464 e. The Morgan fingerprint density at radius 1 is 1.39 bits per heavy atom. The van der Waals surface area contributed by atoms with E-state index in [4.69, 9.17) is 4.74 Å². The molecule has 2 aliphatic rings. The number of aromatic nitrogens is 1. The van der Waals surface area contributed by atoms with Crippen LogP contribution in [0.25, 0.3) is 0 Å². The number of carbonyl (C=O) groups is 2. The molecule has 0 aliphatic heterocycles. The van der Waals surface area contributed by atoms with Crippen LogP contribution < -0.4 is 5.32 Å². The van der Waals surface area contributed by atoms with Gasteiger partial charge in [-0.1, -0.05) is 6.42 Å². The molecule has 1 aromatic heterocycles. The SMILES string of the molecule is CCO[C@H]1C[C@H](NC(=O)c2ccc(C(=O)OC)nc2)C12CCC2. The number of nitrogens with zero attached hydrogens (tertiary/aromatic N) is 1. The van der Waals surface area contributed by atoms with E-state index >= 15 is 0 Å². The van der Waals surface area contributed by atoms with Crippen molar-refractivity contribution in [2.75, 3.05) is 13.7 Å². The normalized spacial score (nSPS) is 24.4. The molecule has 0 aromatic carbocycles. The summed E-state index contributed by atoms with van der Waals surface area (Å²) in [5, 5.41) is 3.10. The minimum absolute atomic E-state index is 0.130. The summed E-state index contributed by atoms with van der Waals surface area (Å²) >= 11 is 0. The summed E-state index contributed by atoms with van der Waals surface area (Å²) in [6.07, 6.45) is 5.97. The first-order valence-electron chi connectivity index (χ1n) is 8.07. The fraction of sp³-hybridized carbons (Fsp3) is 0.588. The van der Waals surface area contributed by atoms with E-state index in [1.54, 1.807) is 6.07 Å². The van der Waals surface area contributed by atoms with E-state index in [2.05, 4.69) is 15.0 Å². The quantitative estimate of drug-likeness (QED) is 0.840. The third-order valence-corrected chi connectivity index (χ3v) is 5.16. The topological polar surface area (TPSA) is 77.5 Å². The second-order valence-corrected chi connectivity index (χ2v) is 6.22. The van der Waals surface area contributed by atoms with Crippen LogP contribution in [0.15, 0.2) is 18.3 Å². The molecular formula is C17H22N2O4. The summed E-state index contributed by atoms with van der Waals surface area (Å²) in [4.78, 5) is 27.7. The fourth-order valence-corrected chi connectivity index (χ4v) is 3.64. The Kier molecular flexibility index (Phi) is 4.35. The van der Waals surface area contributed by atoms with Gasteiger partial charge in [-0.15, -0.1) is 0 Å². The van der Waals surface area contributed by atoms with E-state index in [1.165, 1.54) is 25.8 Å². The second-order valence-electron chi connectivity index (χ2n) is 6.22. The van der Waals surface area contributed by atoms with E-state index in [9.17, 15) is 9.59 Å². The molecule has 1 N–H and O–H groups in total. The molecule has 23 heavy (non-hydrogen) atoms. The number of esters is 1. The van der Waals surface area contributed by atoms with Crippen molar-refractivity contribution in [2.24, 2.45) is 5.41 Å². The highest BCUT2D eigenvalue weighted by Gasteiger charge is 2.59. The van der Waals surface area contributed by atoms with Crippen molar-refractivity contribution in [2.45, 2.75) is 44.8 Å². The highest BCUT2D eigenvalue weighted by atomic mass is 16.5. The van der Waals surface area contributed by atoms with Gasteiger partial charge in [-0.25, -0.2) is 9.78 Å². The van der Waals surface area contributed by atoms with Crippen LogP contribution in [0, 0.1) is 5.41 Å². The maximum Gasteiger partial charge on any atom is 0.356 e. The van der Waals surface area contributed by atoms with Gasteiger partial charge in [-0.2, -0.15) is 0 Å². The van der Waals surface area contributed by atoms with Crippen LogP contribution in [0.1, 0.15) is 53.5 Å². The van der Waals surface area contributed by atoms with Gasteiger partial charge in [0, 0.05) is 24.3 Å². The lowest BCUT2D eigenvalue weighted by Crippen LogP contribution is -2.67. The zero-order valence-corrected chi connectivity index (χ0v) is 13.5. The highest BCUT2D eigenvalue weighted by molar-refractivity contribution is 5.95. The molecule has 0 radical (unpaired) electrons. The van der Waals surface area contributed by atoms with E-state index in [-0.39, 0.29) is 29.2 Å². The molecule has 1 spiro atoms. The third-order valence-electron chi connectivity index (χ3n) is 5.16. The summed E-state index contributed by atoms with van der Waals surface area (Å²) in [5.74, 6) is -0.663. The van der Waals surface area contributed by atoms with Gasteiger partial charge in [0.1, 0.15) is 5.69 Å². The van der Waals surface area contributed by atoms with Gasteiger partial charge in [0.05, 0.1) is 18.8 Å². The fourth-order valence-electron chi connectivity index (χ4n) is 3.64. The number of hydrogen-bond acceptors (Lipinski definition) is 5. The molecule has 2 fully saturated rings. The number of nitrogens with one attached hydrogen (secondary N) is 1. The monoisotopic (exact) mass is 318 g/mol. The predicted molar refractivity (Wildman–Crippen MR) is 83.1 cm³/mol. The smallest absolute Gasteiger partial charge is 0.356 e. The molecule has 2 saturated carbocycles. The maximum absolute atomic E-state index is 12.4. The van der Waals surface area contributed by atoms with E-state index in [0.29, 0.717) is 12.2 Å². The van der Waals surface area contributed by atoms with Crippen molar-refractivity contribution < 1.29 is 19.1 Å². The van der Waals surface area contributed by atoms with Gasteiger partial charge >= 0.3 is 5.97 Å². The molecule has 1 aromatic rings. The molecule has 6 nitrogen and oxygen atoms in total. The molecule has 2 atom stereocenters. The molecule has 0 unspecified atom stereocenters. The Labute approximate surface area is 135 Å². The van der Waals surface area contributed by atoms with Gasteiger partial charge in [-0.3, -0.25) is 4.79 Å². The minimum atomic E-state index is -0.510. The number of amides is 1. The maximum atomic E-state index is 12.4. The van der Waals surface area contributed by atoms with Crippen LogP contribution in [0.4, 0.5) is 0 Å². The van der Waals surface area contributed by atoms with Crippen LogP contribution in [-0.2, 0) is 9.47 Å². The lowest BCUT2D eigenvalue weighted by molar-refractivity contribution is -0.169. The number of carbonyl (C=O) groups excluding carboxylic acids is 2. The summed E-state index contributed by atoms with van der Waals surface area (Å²) in [6.45, 7) is 2.72. The van der Waals surface area contributed by atoms with E-state index in [1.807, 2.05) is 6.92 Å². The van der Waals surface area contributed by atoms with Crippen LogP contribution >= 0.6 is 0 Å². The predicted octanol–water partition coefficient (Wildman–Crippen LogP) is 1.95. The standard InChI is InChI=1S/C17H22N2O4/c1-3-23-14-9-13(17(14)7-4-8-17)19-15(20)11-5-6-12(18-10-11)16(21)22-2/h5-6,10,13-14H,3-4,7-9H2,1-2H3,(H,19,20)/t13-,14-/m0/s1. The molecule has 0 bridgehead atoms. The second kappa shape index (κ2) is 6.28. The van der Waals surface area contributed by atoms with Crippen molar-refractivity contribution in [3.05, 3.63) is 29.6 Å². The first-order valence-corrected chi connectivity index (χ1v) is 8.07. The lowest BCUT2D eigenvalue weighted by Gasteiger charge is -2.61. The summed E-state index contributed by atoms with van der Waals surface area (Å²) in [7, 11) is 1.30. The molecule has 0 saturated heterocycles. The van der Waals surface area contributed by atoms with Crippen molar-refractivity contribution >= 4 is 11.9 Å². The average molecular weight is 318 g/mol. The van der Waals surface area contributed by atoms with Crippen molar-refractivity contribution in [3.63, 3.8) is 0 Å². The Hall–Kier alpha value is -1.95. The number of methoxy groups -OCH3 is 1. The van der Waals surface area contributed by atoms with Gasteiger partial charge in [0.25, 0.3) is 5.91 Å². The number of rotatable bonds is 5. The van der Waals surface area contributed by atoms with Gasteiger partial charge in [-0.05, 0) is 38.3 Å². The van der Waals surface area contributed by atoms with Crippen LogP contribution in [-0.4, -0.2) is 42.7 Å². The number of pyridine rings is 1. The molecular weight excluding hydrogens is 296 g/mol. The minimum Gasteiger partial charge on any atom is -0.464 e. The molecule has 124 valence electrons. The Bertz CT molecular complexity index is 595. The van der Waals surface area contributed by atoms with E-state index < -0.39 is 5.97 Å². The molecule has 1 amide bonds. The van der Waals surface area contributed by atoms with Crippen molar-refractivity contribution in [3.8, 4) is 0 Å². The van der Waals surface area contributed by atoms with Gasteiger partial charge in [0.2, 0.25) is 0 Å². The first kappa shape index (κ1) is 15.9. The molecule has 6 heteroatoms. The molecule has 2 aliphatic carbocycles. The Balaban J connectivity index is 1.62. The summed E-state index contributed by atoms with van der Waals surface area (Å²) in [6, 6.07) is 3.27. The average Bonchev–Trinajstić information content (AvgIpc) is 2.51. The molecule has 3 rings (SSSR count). The van der Waals surface area contributed by atoms with Crippen LogP contribution in [0.5, 0.6) is 0 Å². The van der Waals surface area contributed by atoms with Crippen LogP contribution in [0.3, 0.4) is 0 Å². The lowest BCUT2D eigenvalue weighted by atomic mass is 9.51. The number of hydrogen-bond donors (Lipinski definition) is 1.